The summed E-state index contributed by atoms with van der Waals surface area (Å²) in [6.07, 6.45) is 5.33. The Morgan fingerprint density at radius 2 is 1.59 bits per heavy atom. The van der Waals surface area contributed by atoms with Gasteiger partial charge in [-0.3, -0.25) is 0 Å². The van der Waals surface area contributed by atoms with E-state index in [4.69, 9.17) is 4.74 Å². The normalized spacial score (nSPS) is 15.0. The molecule has 9 heteroatoms. The minimum absolute atomic E-state index is 0.158. The van der Waals surface area contributed by atoms with E-state index in [-0.39, 0.29) is 10.9 Å². The smallest absolute Gasteiger partial charge is 0.343 e. The van der Waals surface area contributed by atoms with Gasteiger partial charge in [-0.2, -0.15) is 8.42 Å². The van der Waals surface area contributed by atoms with E-state index in [1.807, 2.05) is 23.6 Å². The van der Waals surface area contributed by atoms with Gasteiger partial charge in [-0.15, -0.1) is 15.7 Å². The molecule has 1 aromatic heterocycles. The second-order valence-electron chi connectivity index (χ2n) is 8.87. The average Bonchev–Trinajstić information content (AvgIpc) is 3.33. The van der Waals surface area contributed by atoms with Gasteiger partial charge in [0, 0.05) is 15.9 Å². The fourth-order valence-corrected chi connectivity index (χ4v) is 6.92. The Balaban J connectivity index is 1.49. The van der Waals surface area contributed by atoms with Crippen LogP contribution < -0.4 is 9.54 Å². The molecule has 5 rings (SSSR count). The molecular weight excluding hydrogens is 572 g/mol. The zero-order valence-corrected chi connectivity index (χ0v) is 23.1. The topological polar surface area (TPSA) is 77.7 Å². The second-order valence-corrected chi connectivity index (χ2v) is 12.2. The molecule has 0 atom stereocenters. The second kappa shape index (κ2) is 11.2. The maximum Gasteiger partial charge on any atom is 0.343 e. The van der Waals surface area contributed by atoms with Gasteiger partial charge in [0.25, 0.3) is 10.0 Å². The maximum absolute atomic E-state index is 13.1. The van der Waals surface area contributed by atoms with Crippen LogP contribution in [0.1, 0.15) is 48.5 Å². The molecule has 1 fully saturated rings. The maximum atomic E-state index is 13.1. The number of halogens is 1. The number of nitrogens with zero attached hydrogens (tertiary/aromatic N) is 2. The number of rotatable bonds is 6. The molecule has 0 amide bonds. The number of carbonyl (C=O) groups is 1. The summed E-state index contributed by atoms with van der Waals surface area (Å²) in [6.45, 7) is 0. The van der Waals surface area contributed by atoms with Crippen LogP contribution in [0.25, 0.3) is 11.3 Å². The Morgan fingerprint density at radius 1 is 0.919 bits per heavy atom. The number of hydrogen-bond acceptors (Lipinski definition) is 5. The third kappa shape index (κ3) is 5.95. The third-order valence-corrected chi connectivity index (χ3v) is 9.13. The highest BCUT2D eigenvalue weighted by molar-refractivity contribution is 9.10. The van der Waals surface area contributed by atoms with Crippen LogP contribution >= 0.6 is 27.3 Å². The Hall–Kier alpha value is -3.01. The standard InChI is InChI=1S/C28H25BrN2O4S2/c29-22-13-17-25(18-14-22)37(33,34)30-28-31(23-9-5-2-6-10-23)26(19-36-28)20-11-15-24(16-12-20)35-27(32)21-7-3-1-4-8-21/h1,3-4,7-8,11-19,23H,2,5-6,9-10H2/b30-28+. The average molecular weight is 598 g/mol. The molecule has 0 unspecified atom stereocenters. The Kier molecular flexibility index (Phi) is 7.73. The number of ether oxygens (including phenoxy) is 1. The highest BCUT2D eigenvalue weighted by atomic mass is 79.9. The first-order valence-corrected chi connectivity index (χ1v) is 15.2. The summed E-state index contributed by atoms with van der Waals surface area (Å²) in [6, 6.07) is 22.8. The largest absolute Gasteiger partial charge is 0.423 e. The van der Waals surface area contributed by atoms with Gasteiger partial charge in [-0.1, -0.05) is 53.4 Å². The molecule has 0 N–H and O–H groups in total. The Labute approximate surface area is 228 Å². The van der Waals surface area contributed by atoms with E-state index in [0.29, 0.717) is 16.1 Å². The molecule has 1 saturated carbocycles. The van der Waals surface area contributed by atoms with E-state index >= 15 is 0 Å². The predicted octanol–water partition coefficient (Wildman–Crippen LogP) is 6.99. The van der Waals surface area contributed by atoms with Gasteiger partial charge in [0.1, 0.15) is 5.75 Å². The first-order chi connectivity index (χ1) is 17.9. The molecule has 1 aliphatic carbocycles. The molecule has 1 heterocycles. The first kappa shape index (κ1) is 25.6. The number of benzene rings is 3. The van der Waals surface area contributed by atoms with Gasteiger partial charge in [0.05, 0.1) is 16.2 Å². The third-order valence-electron chi connectivity index (χ3n) is 6.36. The molecule has 3 aromatic carbocycles. The molecule has 37 heavy (non-hydrogen) atoms. The Morgan fingerprint density at radius 3 is 2.27 bits per heavy atom. The highest BCUT2D eigenvalue weighted by Gasteiger charge is 2.22. The lowest BCUT2D eigenvalue weighted by atomic mass is 9.95. The molecule has 190 valence electrons. The number of esters is 1. The lowest BCUT2D eigenvalue weighted by Gasteiger charge is -2.25. The monoisotopic (exact) mass is 596 g/mol. The van der Waals surface area contributed by atoms with Gasteiger partial charge in [0.2, 0.25) is 4.80 Å². The fraction of sp³-hybridized carbons (Fsp3) is 0.214. The SMILES string of the molecule is O=C(Oc1ccc(-c2cs/c(=N/S(=O)(=O)c3ccc(Br)cc3)n2C2CCCCC2)cc1)c1ccccc1. The molecule has 0 aliphatic heterocycles. The van der Waals surface area contributed by atoms with E-state index in [1.165, 1.54) is 17.8 Å². The zero-order chi connectivity index (χ0) is 25.8. The van der Waals surface area contributed by atoms with E-state index in [0.717, 1.165) is 41.4 Å². The summed E-state index contributed by atoms with van der Waals surface area (Å²) in [5, 5.41) is 1.95. The molecule has 6 nitrogen and oxygen atoms in total. The van der Waals surface area contributed by atoms with E-state index in [9.17, 15) is 13.2 Å². The van der Waals surface area contributed by atoms with Gasteiger partial charge >= 0.3 is 5.97 Å². The summed E-state index contributed by atoms with van der Waals surface area (Å²) < 4.78 is 38.9. The van der Waals surface area contributed by atoms with Crippen molar-refractivity contribution in [3.05, 3.63) is 99.1 Å². The number of carbonyl (C=O) groups excluding carboxylic acids is 1. The van der Waals surface area contributed by atoms with Crippen LogP contribution in [0.3, 0.4) is 0 Å². The van der Waals surface area contributed by atoms with E-state index < -0.39 is 16.0 Å². The molecular formula is C28H25BrN2O4S2. The number of aromatic nitrogens is 1. The van der Waals surface area contributed by atoms with Crippen molar-refractivity contribution in [1.82, 2.24) is 4.57 Å². The van der Waals surface area contributed by atoms with Crippen LogP contribution in [0.15, 0.2) is 98.0 Å². The van der Waals surface area contributed by atoms with Crippen LogP contribution in [-0.2, 0) is 10.0 Å². The Bertz CT molecular complexity index is 1550. The minimum Gasteiger partial charge on any atom is -0.423 e. The van der Waals surface area contributed by atoms with Crippen molar-refractivity contribution in [2.45, 2.75) is 43.0 Å². The zero-order valence-electron chi connectivity index (χ0n) is 19.9. The van der Waals surface area contributed by atoms with Crippen LogP contribution in [0, 0.1) is 0 Å². The van der Waals surface area contributed by atoms with Gasteiger partial charge in [0.15, 0.2) is 0 Å². The molecule has 0 saturated heterocycles. The van der Waals surface area contributed by atoms with Gasteiger partial charge < -0.3 is 9.30 Å². The lowest BCUT2D eigenvalue weighted by Crippen LogP contribution is -2.25. The van der Waals surface area contributed by atoms with Crippen molar-refractivity contribution >= 4 is 43.3 Å². The fourth-order valence-electron chi connectivity index (χ4n) is 4.49. The summed E-state index contributed by atoms with van der Waals surface area (Å²) in [7, 11) is -3.87. The van der Waals surface area contributed by atoms with Crippen molar-refractivity contribution in [3.8, 4) is 17.0 Å². The van der Waals surface area contributed by atoms with Crippen molar-refractivity contribution in [2.75, 3.05) is 0 Å². The highest BCUT2D eigenvalue weighted by Crippen LogP contribution is 2.33. The first-order valence-electron chi connectivity index (χ1n) is 12.0. The minimum atomic E-state index is -3.87. The van der Waals surface area contributed by atoms with Crippen LogP contribution in [0.2, 0.25) is 0 Å². The quantitative estimate of drug-likeness (QED) is 0.177. The number of sulfonamides is 1. The summed E-state index contributed by atoms with van der Waals surface area (Å²) in [5.41, 5.74) is 2.30. The summed E-state index contributed by atoms with van der Waals surface area (Å²) >= 11 is 4.67. The lowest BCUT2D eigenvalue weighted by molar-refractivity contribution is 0.0734. The van der Waals surface area contributed by atoms with E-state index in [2.05, 4.69) is 24.9 Å². The molecule has 0 spiro atoms. The van der Waals surface area contributed by atoms with Crippen molar-refractivity contribution in [1.29, 1.82) is 0 Å². The number of thiazole rings is 1. The predicted molar refractivity (Wildman–Crippen MR) is 148 cm³/mol. The molecule has 0 radical (unpaired) electrons. The molecule has 4 aromatic rings. The van der Waals surface area contributed by atoms with Gasteiger partial charge in [-0.05, 0) is 79.1 Å². The van der Waals surface area contributed by atoms with Crippen molar-refractivity contribution in [3.63, 3.8) is 0 Å². The molecule has 1 aliphatic rings. The van der Waals surface area contributed by atoms with Crippen molar-refractivity contribution in [2.24, 2.45) is 4.40 Å². The van der Waals surface area contributed by atoms with Gasteiger partial charge in [-0.25, -0.2) is 4.79 Å². The summed E-state index contributed by atoms with van der Waals surface area (Å²) in [4.78, 5) is 13.0. The van der Waals surface area contributed by atoms with Crippen molar-refractivity contribution < 1.29 is 17.9 Å². The molecule has 0 bridgehead atoms. The van der Waals surface area contributed by atoms with E-state index in [1.54, 1.807) is 60.7 Å². The van der Waals surface area contributed by atoms with Crippen LogP contribution in [0.4, 0.5) is 0 Å². The van der Waals surface area contributed by atoms with Crippen LogP contribution in [-0.4, -0.2) is 19.0 Å². The summed E-state index contributed by atoms with van der Waals surface area (Å²) in [5.74, 6) is 0.0279. The number of hydrogen-bond donors (Lipinski definition) is 0. The van der Waals surface area contributed by atoms with Crippen LogP contribution in [0.5, 0.6) is 5.75 Å².